The lowest BCUT2D eigenvalue weighted by molar-refractivity contribution is -0.0219. The van der Waals surface area contributed by atoms with Crippen molar-refractivity contribution < 1.29 is 13.9 Å². The molecule has 2 N–H and O–H groups in total. The maximum atomic E-state index is 12.7. The SMILES string of the molecule is NC[C@@H]1CC[C@@H](COc2ccc(F)cc2)CO1. The highest BCUT2D eigenvalue weighted by molar-refractivity contribution is 5.22. The van der Waals surface area contributed by atoms with E-state index in [0.717, 1.165) is 12.8 Å². The molecule has 3 nitrogen and oxygen atoms in total. The van der Waals surface area contributed by atoms with Gasteiger partial charge in [-0.1, -0.05) is 0 Å². The van der Waals surface area contributed by atoms with Crippen molar-refractivity contribution in [1.29, 1.82) is 0 Å². The van der Waals surface area contributed by atoms with E-state index in [0.29, 0.717) is 31.4 Å². The van der Waals surface area contributed by atoms with Crippen LogP contribution in [0.15, 0.2) is 24.3 Å². The quantitative estimate of drug-likeness (QED) is 0.873. The summed E-state index contributed by atoms with van der Waals surface area (Å²) in [4.78, 5) is 0. The Bertz CT molecular complexity index is 334. The molecule has 0 spiro atoms. The molecule has 0 radical (unpaired) electrons. The highest BCUT2D eigenvalue weighted by Crippen LogP contribution is 2.20. The van der Waals surface area contributed by atoms with Gasteiger partial charge >= 0.3 is 0 Å². The van der Waals surface area contributed by atoms with E-state index in [1.807, 2.05) is 0 Å². The lowest BCUT2D eigenvalue weighted by atomic mass is 9.99. The maximum Gasteiger partial charge on any atom is 0.123 e. The van der Waals surface area contributed by atoms with Crippen LogP contribution in [0, 0.1) is 11.7 Å². The summed E-state index contributed by atoms with van der Waals surface area (Å²) in [7, 11) is 0. The lowest BCUT2D eigenvalue weighted by Crippen LogP contribution is -2.33. The van der Waals surface area contributed by atoms with E-state index in [4.69, 9.17) is 15.2 Å². The van der Waals surface area contributed by atoms with E-state index >= 15 is 0 Å². The molecule has 0 aromatic heterocycles. The molecular weight excluding hydrogens is 221 g/mol. The molecular formula is C13H18FNO2. The third kappa shape index (κ3) is 3.68. The van der Waals surface area contributed by atoms with Gasteiger partial charge in [-0.05, 0) is 37.1 Å². The first-order valence-electron chi connectivity index (χ1n) is 5.98. The van der Waals surface area contributed by atoms with Crippen molar-refractivity contribution in [3.63, 3.8) is 0 Å². The van der Waals surface area contributed by atoms with Crippen LogP contribution >= 0.6 is 0 Å². The van der Waals surface area contributed by atoms with Crippen molar-refractivity contribution in [2.24, 2.45) is 11.7 Å². The summed E-state index contributed by atoms with van der Waals surface area (Å²) >= 11 is 0. The molecule has 1 aromatic carbocycles. The summed E-state index contributed by atoms with van der Waals surface area (Å²) in [5.74, 6) is 0.860. The molecule has 0 saturated carbocycles. The second kappa shape index (κ2) is 5.98. The van der Waals surface area contributed by atoms with Crippen molar-refractivity contribution in [3.05, 3.63) is 30.1 Å². The van der Waals surface area contributed by atoms with Crippen LogP contribution in [0.4, 0.5) is 4.39 Å². The fourth-order valence-electron chi connectivity index (χ4n) is 1.92. The Morgan fingerprint density at radius 1 is 1.29 bits per heavy atom. The number of halogens is 1. The van der Waals surface area contributed by atoms with Gasteiger partial charge in [0.2, 0.25) is 0 Å². The van der Waals surface area contributed by atoms with E-state index in [9.17, 15) is 4.39 Å². The number of benzene rings is 1. The van der Waals surface area contributed by atoms with Crippen LogP contribution in [0.1, 0.15) is 12.8 Å². The summed E-state index contributed by atoms with van der Waals surface area (Å²) in [5, 5.41) is 0. The Morgan fingerprint density at radius 3 is 2.65 bits per heavy atom. The first-order chi connectivity index (χ1) is 8.28. The molecule has 1 saturated heterocycles. The van der Waals surface area contributed by atoms with E-state index in [2.05, 4.69) is 0 Å². The lowest BCUT2D eigenvalue weighted by Gasteiger charge is -2.28. The zero-order valence-electron chi connectivity index (χ0n) is 9.77. The fraction of sp³-hybridized carbons (Fsp3) is 0.538. The molecule has 2 rings (SSSR count). The molecule has 1 aromatic rings. The molecule has 1 heterocycles. The first kappa shape index (κ1) is 12.3. The fourth-order valence-corrected chi connectivity index (χ4v) is 1.92. The zero-order valence-corrected chi connectivity index (χ0v) is 9.77. The van der Waals surface area contributed by atoms with E-state index in [1.54, 1.807) is 12.1 Å². The van der Waals surface area contributed by atoms with Gasteiger partial charge in [0.25, 0.3) is 0 Å². The maximum absolute atomic E-state index is 12.7. The van der Waals surface area contributed by atoms with Gasteiger partial charge in [0, 0.05) is 12.5 Å². The van der Waals surface area contributed by atoms with Crippen LogP contribution < -0.4 is 10.5 Å². The zero-order chi connectivity index (χ0) is 12.1. The smallest absolute Gasteiger partial charge is 0.123 e. The monoisotopic (exact) mass is 239 g/mol. The highest BCUT2D eigenvalue weighted by Gasteiger charge is 2.21. The standard InChI is InChI=1S/C13H18FNO2/c14-11-2-5-12(6-3-11)16-8-10-1-4-13(7-15)17-9-10/h2-3,5-6,10,13H,1,4,7-9,15H2/t10-,13-/m0/s1. The van der Waals surface area contributed by atoms with E-state index in [-0.39, 0.29) is 11.9 Å². The number of hydrogen-bond donors (Lipinski definition) is 1. The summed E-state index contributed by atoms with van der Waals surface area (Å²) in [6.07, 6.45) is 2.27. The minimum atomic E-state index is -0.246. The van der Waals surface area contributed by atoms with Gasteiger partial charge in [-0.25, -0.2) is 4.39 Å². The molecule has 0 unspecified atom stereocenters. The largest absolute Gasteiger partial charge is 0.493 e. The Kier molecular flexibility index (Phi) is 4.34. The number of rotatable bonds is 4. The van der Waals surface area contributed by atoms with Crippen molar-refractivity contribution in [2.75, 3.05) is 19.8 Å². The van der Waals surface area contributed by atoms with Crippen molar-refractivity contribution >= 4 is 0 Å². The Hall–Kier alpha value is -1.13. The van der Waals surface area contributed by atoms with E-state index in [1.165, 1.54) is 12.1 Å². The first-order valence-corrected chi connectivity index (χ1v) is 5.98. The van der Waals surface area contributed by atoms with Gasteiger partial charge in [-0.3, -0.25) is 0 Å². The van der Waals surface area contributed by atoms with Gasteiger partial charge in [-0.2, -0.15) is 0 Å². The van der Waals surface area contributed by atoms with Crippen LogP contribution in [-0.4, -0.2) is 25.9 Å². The van der Waals surface area contributed by atoms with Gasteiger partial charge < -0.3 is 15.2 Å². The average Bonchev–Trinajstić information content (AvgIpc) is 2.39. The minimum Gasteiger partial charge on any atom is -0.493 e. The van der Waals surface area contributed by atoms with Crippen molar-refractivity contribution in [3.8, 4) is 5.75 Å². The predicted octanol–water partition coefficient (Wildman–Crippen LogP) is 1.96. The van der Waals surface area contributed by atoms with Gasteiger partial charge in [0.05, 0.1) is 19.3 Å². The molecule has 0 bridgehead atoms. The Balaban J connectivity index is 1.74. The molecule has 2 atom stereocenters. The van der Waals surface area contributed by atoms with Crippen molar-refractivity contribution in [1.82, 2.24) is 0 Å². The third-order valence-electron chi connectivity index (χ3n) is 3.03. The van der Waals surface area contributed by atoms with Crippen LogP contribution in [0.3, 0.4) is 0 Å². The molecule has 1 fully saturated rings. The number of nitrogens with two attached hydrogens (primary N) is 1. The molecule has 0 aliphatic carbocycles. The Labute approximate surface area is 101 Å². The molecule has 0 amide bonds. The Morgan fingerprint density at radius 2 is 2.06 bits per heavy atom. The van der Waals surface area contributed by atoms with Crippen LogP contribution in [0.5, 0.6) is 5.75 Å². The third-order valence-corrected chi connectivity index (χ3v) is 3.03. The highest BCUT2D eigenvalue weighted by atomic mass is 19.1. The summed E-state index contributed by atoms with van der Waals surface area (Å²) in [6.45, 7) is 1.90. The van der Waals surface area contributed by atoms with Crippen LogP contribution in [0.25, 0.3) is 0 Å². The molecule has 1 aliphatic heterocycles. The van der Waals surface area contributed by atoms with E-state index < -0.39 is 0 Å². The predicted molar refractivity (Wildman–Crippen MR) is 63.4 cm³/mol. The molecule has 17 heavy (non-hydrogen) atoms. The summed E-state index contributed by atoms with van der Waals surface area (Å²) in [5.41, 5.74) is 5.54. The molecule has 4 heteroatoms. The van der Waals surface area contributed by atoms with Crippen LogP contribution in [-0.2, 0) is 4.74 Å². The van der Waals surface area contributed by atoms with Gasteiger partial charge in [0.1, 0.15) is 11.6 Å². The summed E-state index contributed by atoms with van der Waals surface area (Å²) in [6, 6.07) is 6.08. The summed E-state index contributed by atoms with van der Waals surface area (Å²) < 4.78 is 23.8. The topological polar surface area (TPSA) is 44.5 Å². The number of hydrogen-bond acceptors (Lipinski definition) is 3. The van der Waals surface area contributed by atoms with Gasteiger partial charge in [0.15, 0.2) is 0 Å². The normalized spacial score (nSPS) is 24.6. The minimum absolute atomic E-state index is 0.206. The average molecular weight is 239 g/mol. The molecule has 1 aliphatic rings. The van der Waals surface area contributed by atoms with Gasteiger partial charge in [-0.15, -0.1) is 0 Å². The number of ether oxygens (including phenoxy) is 2. The molecule has 94 valence electrons. The second-order valence-electron chi connectivity index (χ2n) is 4.40. The van der Waals surface area contributed by atoms with Crippen LogP contribution in [0.2, 0.25) is 0 Å². The van der Waals surface area contributed by atoms with Crippen molar-refractivity contribution in [2.45, 2.75) is 18.9 Å². The second-order valence-corrected chi connectivity index (χ2v) is 4.40.